The van der Waals surface area contributed by atoms with Crippen LogP contribution in [0.5, 0.6) is 0 Å². The van der Waals surface area contributed by atoms with Crippen LogP contribution >= 0.6 is 0 Å². The Hall–Kier alpha value is -3.72. The number of sulfonamides is 1. The van der Waals surface area contributed by atoms with Gasteiger partial charge >= 0.3 is 0 Å². The van der Waals surface area contributed by atoms with Crippen LogP contribution in [0.4, 0.5) is 17.1 Å². The second-order valence-corrected chi connectivity index (χ2v) is 9.15. The van der Waals surface area contributed by atoms with Gasteiger partial charge in [0.2, 0.25) is 0 Å². The zero-order chi connectivity index (χ0) is 23.6. The molecule has 0 fully saturated rings. The first kappa shape index (κ1) is 23.0. The van der Waals surface area contributed by atoms with Crippen LogP contribution in [0, 0.1) is 37.8 Å². The molecule has 9 heteroatoms. The van der Waals surface area contributed by atoms with Crippen molar-refractivity contribution < 1.29 is 18.1 Å². The molecule has 3 aromatic carbocycles. The SMILES string of the molecule is Cc1ccc(C(=O)Nc2cccc([N+](=O)[O-])c2C)cc1S(=O)(=O)Nc1cccc(C)c1C. The molecule has 0 unspecified atom stereocenters. The number of hydrogen-bond acceptors (Lipinski definition) is 5. The van der Waals surface area contributed by atoms with E-state index in [1.54, 1.807) is 31.2 Å². The third-order valence-corrected chi connectivity index (χ3v) is 6.85. The van der Waals surface area contributed by atoms with Crippen LogP contribution in [0.15, 0.2) is 59.5 Å². The summed E-state index contributed by atoms with van der Waals surface area (Å²) in [6, 6.07) is 14.1. The summed E-state index contributed by atoms with van der Waals surface area (Å²) in [4.78, 5) is 23.4. The van der Waals surface area contributed by atoms with Gasteiger partial charge in [0.15, 0.2) is 0 Å². The standard InChI is InChI=1S/C23H23N3O5S/c1-14-7-5-9-20(16(14)3)25-32(30,31)22-13-18(12-11-15(22)2)23(27)24-19-8-6-10-21(17(19)4)26(28)29/h5-13,25H,1-4H3,(H,24,27). The number of carbonyl (C=O) groups is 1. The quantitative estimate of drug-likeness (QED) is 0.407. The molecule has 0 radical (unpaired) electrons. The molecule has 0 spiro atoms. The minimum atomic E-state index is -3.96. The lowest BCUT2D eigenvalue weighted by atomic mass is 10.1. The number of aryl methyl sites for hydroxylation is 2. The molecule has 3 rings (SSSR count). The number of anilines is 2. The molecule has 0 aliphatic carbocycles. The maximum absolute atomic E-state index is 13.1. The fourth-order valence-corrected chi connectivity index (χ4v) is 4.64. The molecule has 2 N–H and O–H groups in total. The van der Waals surface area contributed by atoms with E-state index in [2.05, 4.69) is 10.0 Å². The number of nitro benzene ring substituents is 1. The lowest BCUT2D eigenvalue weighted by Crippen LogP contribution is -2.18. The summed E-state index contributed by atoms with van der Waals surface area (Å²) in [7, 11) is -3.96. The van der Waals surface area contributed by atoms with E-state index < -0.39 is 20.9 Å². The van der Waals surface area contributed by atoms with Crippen LogP contribution in [0.1, 0.15) is 32.6 Å². The molecule has 0 heterocycles. The second-order valence-electron chi connectivity index (χ2n) is 7.49. The van der Waals surface area contributed by atoms with Crippen molar-refractivity contribution in [2.45, 2.75) is 32.6 Å². The molecule has 8 nitrogen and oxygen atoms in total. The first-order valence-corrected chi connectivity index (χ1v) is 11.2. The third-order valence-electron chi connectivity index (χ3n) is 5.34. The first-order valence-electron chi connectivity index (χ1n) is 9.76. The van der Waals surface area contributed by atoms with E-state index in [0.29, 0.717) is 16.8 Å². The van der Waals surface area contributed by atoms with Crippen molar-refractivity contribution in [3.8, 4) is 0 Å². The molecule has 0 atom stereocenters. The van der Waals surface area contributed by atoms with Crippen molar-refractivity contribution in [3.63, 3.8) is 0 Å². The third kappa shape index (κ3) is 4.62. The minimum Gasteiger partial charge on any atom is -0.321 e. The van der Waals surface area contributed by atoms with Gasteiger partial charge in [-0.2, -0.15) is 0 Å². The van der Waals surface area contributed by atoms with Gasteiger partial charge in [-0.3, -0.25) is 19.6 Å². The van der Waals surface area contributed by atoms with Crippen molar-refractivity contribution >= 4 is 33.0 Å². The van der Waals surface area contributed by atoms with E-state index in [4.69, 9.17) is 0 Å². The van der Waals surface area contributed by atoms with Gasteiger partial charge in [-0.05, 0) is 68.7 Å². The maximum Gasteiger partial charge on any atom is 0.274 e. The highest BCUT2D eigenvalue weighted by atomic mass is 32.2. The lowest BCUT2D eigenvalue weighted by molar-refractivity contribution is -0.385. The number of nitrogens with zero attached hydrogens (tertiary/aromatic N) is 1. The van der Waals surface area contributed by atoms with Crippen molar-refractivity contribution in [1.29, 1.82) is 0 Å². The van der Waals surface area contributed by atoms with Crippen LogP contribution in [0.2, 0.25) is 0 Å². The molecule has 0 aliphatic rings. The fourth-order valence-electron chi connectivity index (χ4n) is 3.24. The molecule has 166 valence electrons. The molecular formula is C23H23N3O5S. The van der Waals surface area contributed by atoms with E-state index in [1.165, 1.54) is 31.2 Å². The highest BCUT2D eigenvalue weighted by Gasteiger charge is 2.21. The Kier molecular flexibility index (Phi) is 6.31. The van der Waals surface area contributed by atoms with Gasteiger partial charge in [0.25, 0.3) is 21.6 Å². The topological polar surface area (TPSA) is 118 Å². The number of amides is 1. The molecular weight excluding hydrogens is 430 g/mol. The average Bonchev–Trinajstić information content (AvgIpc) is 2.72. The van der Waals surface area contributed by atoms with E-state index >= 15 is 0 Å². The maximum atomic E-state index is 13.1. The summed E-state index contributed by atoms with van der Waals surface area (Å²) in [5.41, 5.74) is 3.28. The van der Waals surface area contributed by atoms with Crippen LogP contribution in [0.25, 0.3) is 0 Å². The molecule has 0 saturated carbocycles. The van der Waals surface area contributed by atoms with Gasteiger partial charge in [0.1, 0.15) is 0 Å². The first-order chi connectivity index (χ1) is 15.0. The van der Waals surface area contributed by atoms with Crippen molar-refractivity contribution in [2.24, 2.45) is 0 Å². The Labute approximate surface area is 186 Å². The van der Waals surface area contributed by atoms with Gasteiger partial charge < -0.3 is 5.32 Å². The van der Waals surface area contributed by atoms with Crippen molar-refractivity contribution in [1.82, 2.24) is 0 Å². The van der Waals surface area contributed by atoms with Gasteiger partial charge in [-0.15, -0.1) is 0 Å². The van der Waals surface area contributed by atoms with E-state index in [-0.39, 0.29) is 21.8 Å². The molecule has 0 aromatic heterocycles. The number of carbonyl (C=O) groups excluding carboxylic acids is 1. The van der Waals surface area contributed by atoms with E-state index in [1.807, 2.05) is 19.9 Å². The van der Waals surface area contributed by atoms with Gasteiger partial charge in [0.05, 0.1) is 26.8 Å². The van der Waals surface area contributed by atoms with Crippen LogP contribution in [-0.2, 0) is 10.0 Å². The Morgan fingerprint density at radius 3 is 2.22 bits per heavy atom. The molecule has 0 bridgehead atoms. The summed E-state index contributed by atoms with van der Waals surface area (Å²) in [6.07, 6.45) is 0. The van der Waals surface area contributed by atoms with Crippen LogP contribution in [0.3, 0.4) is 0 Å². The smallest absolute Gasteiger partial charge is 0.274 e. The minimum absolute atomic E-state index is 0.0261. The highest BCUT2D eigenvalue weighted by molar-refractivity contribution is 7.92. The molecule has 32 heavy (non-hydrogen) atoms. The number of benzene rings is 3. The summed E-state index contributed by atoms with van der Waals surface area (Å²) < 4.78 is 28.7. The van der Waals surface area contributed by atoms with Crippen molar-refractivity contribution in [2.75, 3.05) is 10.0 Å². The Bertz CT molecular complexity index is 1330. The van der Waals surface area contributed by atoms with Crippen LogP contribution in [-0.4, -0.2) is 19.2 Å². The molecule has 3 aromatic rings. The Morgan fingerprint density at radius 2 is 1.53 bits per heavy atom. The number of nitrogens with one attached hydrogen (secondary N) is 2. The molecule has 1 amide bonds. The highest BCUT2D eigenvalue weighted by Crippen LogP contribution is 2.27. The predicted octanol–water partition coefficient (Wildman–Crippen LogP) is 4.88. The normalized spacial score (nSPS) is 11.1. The summed E-state index contributed by atoms with van der Waals surface area (Å²) in [5.74, 6) is -0.572. The largest absolute Gasteiger partial charge is 0.321 e. The van der Waals surface area contributed by atoms with Gasteiger partial charge in [0, 0.05) is 11.6 Å². The average molecular weight is 454 g/mol. The monoisotopic (exact) mass is 453 g/mol. The van der Waals surface area contributed by atoms with E-state index in [9.17, 15) is 23.3 Å². The summed E-state index contributed by atoms with van der Waals surface area (Å²) in [6.45, 7) is 6.89. The number of hydrogen-bond donors (Lipinski definition) is 2. The summed E-state index contributed by atoms with van der Waals surface area (Å²) in [5, 5.41) is 13.8. The molecule has 0 aliphatic heterocycles. The summed E-state index contributed by atoms with van der Waals surface area (Å²) >= 11 is 0. The Morgan fingerprint density at radius 1 is 0.875 bits per heavy atom. The second kappa shape index (κ2) is 8.80. The van der Waals surface area contributed by atoms with Crippen LogP contribution < -0.4 is 10.0 Å². The zero-order valence-corrected chi connectivity index (χ0v) is 18.9. The number of nitro groups is 1. The van der Waals surface area contributed by atoms with Gasteiger partial charge in [-0.25, -0.2) is 8.42 Å². The lowest BCUT2D eigenvalue weighted by Gasteiger charge is -2.15. The van der Waals surface area contributed by atoms with Gasteiger partial charge in [-0.1, -0.05) is 24.3 Å². The molecule has 0 saturated heterocycles. The number of rotatable bonds is 6. The fraction of sp³-hybridized carbons (Fsp3) is 0.174. The van der Waals surface area contributed by atoms with Crippen molar-refractivity contribution in [3.05, 3.63) is 92.5 Å². The van der Waals surface area contributed by atoms with E-state index in [0.717, 1.165) is 11.1 Å². The zero-order valence-electron chi connectivity index (χ0n) is 18.1. The predicted molar refractivity (Wildman–Crippen MR) is 124 cm³/mol. The Balaban J connectivity index is 1.93.